The van der Waals surface area contributed by atoms with E-state index >= 15 is 0 Å². The van der Waals surface area contributed by atoms with E-state index in [-0.39, 0.29) is 0 Å². The summed E-state index contributed by atoms with van der Waals surface area (Å²) in [4.78, 5) is 31.0. The lowest BCUT2D eigenvalue weighted by Gasteiger charge is -2.17. The molecular weight excluding hydrogens is 474 g/mol. The number of fused-ring (bicyclic) bond motifs is 2. The third kappa shape index (κ3) is 5.32. The van der Waals surface area contributed by atoms with E-state index in [0.717, 1.165) is 0 Å². The Kier molecular flexibility index (Phi) is 7.09. The Hall–Kier alpha value is -2.34. The van der Waals surface area contributed by atoms with Crippen LogP contribution in [0.3, 0.4) is 0 Å². The summed E-state index contributed by atoms with van der Waals surface area (Å²) in [6, 6.07) is 24.9. The van der Waals surface area contributed by atoms with E-state index in [0.29, 0.717) is 0 Å². The van der Waals surface area contributed by atoms with Gasteiger partial charge in [-0.15, -0.1) is 0 Å². The molecule has 0 amide bonds. The van der Waals surface area contributed by atoms with Crippen LogP contribution in [0, 0.1) is 0 Å². The maximum absolute atomic E-state index is 9.63. The predicted octanol–water partition coefficient (Wildman–Crippen LogP) is 6.66. The molecule has 0 aliphatic carbocycles. The van der Waals surface area contributed by atoms with Crippen LogP contribution in [0.2, 0.25) is 0 Å². The van der Waals surface area contributed by atoms with E-state index in [1.54, 1.807) is 0 Å². The summed E-state index contributed by atoms with van der Waals surface area (Å²) in [5.74, 6) is 0. The smallest absolute Gasteiger partial charge is 0.302 e. The van der Waals surface area contributed by atoms with E-state index in [9.17, 15) is 9.13 Å². The first-order chi connectivity index (χ1) is 16.1. The molecule has 0 atom stereocenters. The highest BCUT2D eigenvalue weighted by molar-refractivity contribution is 7.60. The van der Waals surface area contributed by atoms with Crippen molar-refractivity contribution < 1.29 is 33.0 Å². The van der Waals surface area contributed by atoms with Gasteiger partial charge >= 0.3 is 15.6 Å². The first-order valence-electron chi connectivity index (χ1n) is 11.0. The van der Waals surface area contributed by atoms with Gasteiger partial charge in [-0.3, -0.25) is 0 Å². The largest absolute Gasteiger partial charge is 0.478 e. The van der Waals surface area contributed by atoms with Crippen molar-refractivity contribution in [2.45, 2.75) is 32.6 Å². The quantitative estimate of drug-likeness (QED) is 0.0890. The van der Waals surface area contributed by atoms with Crippen LogP contribution >= 0.6 is 15.6 Å². The van der Waals surface area contributed by atoms with Gasteiger partial charge in [0.15, 0.2) is 0 Å². The molecule has 0 saturated heterocycles. The van der Waals surface area contributed by atoms with Crippen LogP contribution in [-0.2, 0) is 19.9 Å². The van der Waals surface area contributed by atoms with Gasteiger partial charge < -0.3 is 19.6 Å². The molecule has 9 heteroatoms. The lowest BCUT2D eigenvalue weighted by molar-refractivity contribution is 0.225. The van der Waals surface area contributed by atoms with Crippen molar-refractivity contribution in [2.75, 3.05) is 0 Å². The van der Waals surface area contributed by atoms with Crippen molar-refractivity contribution >= 4 is 58.7 Å². The first-order valence-corrected chi connectivity index (χ1v) is 14.0. The zero-order valence-electron chi connectivity index (χ0n) is 18.6. The van der Waals surface area contributed by atoms with Gasteiger partial charge in [-0.2, -0.15) is 4.31 Å². The molecule has 0 heterocycles. The zero-order valence-corrected chi connectivity index (χ0v) is 20.4. The van der Waals surface area contributed by atoms with Crippen molar-refractivity contribution in [3.05, 3.63) is 72.3 Å². The SMILES string of the molecule is CCCCCc1ccc2cccc3c4cccc5cccc(c1c23)c54.O=P(O)(O)OP(=O)(O)O. The van der Waals surface area contributed by atoms with Crippen LogP contribution in [0.4, 0.5) is 0 Å². The van der Waals surface area contributed by atoms with Crippen molar-refractivity contribution in [1.82, 2.24) is 0 Å². The molecule has 5 aromatic carbocycles. The van der Waals surface area contributed by atoms with Gasteiger partial charge in [-0.1, -0.05) is 86.5 Å². The summed E-state index contributed by atoms with van der Waals surface area (Å²) in [6.07, 6.45) is 5.02. The van der Waals surface area contributed by atoms with Gasteiger partial charge in [0.05, 0.1) is 0 Å². The van der Waals surface area contributed by atoms with Gasteiger partial charge in [-0.05, 0) is 61.5 Å². The fraction of sp³-hybridized carbons (Fsp3) is 0.200. The number of rotatable bonds is 6. The summed E-state index contributed by atoms with van der Waals surface area (Å²) in [5, 5.41) is 11.3. The van der Waals surface area contributed by atoms with Gasteiger partial charge in [0.25, 0.3) is 0 Å². The maximum Gasteiger partial charge on any atom is 0.478 e. The van der Waals surface area contributed by atoms with Gasteiger partial charge in [0.1, 0.15) is 0 Å². The fourth-order valence-electron chi connectivity index (χ4n) is 4.64. The predicted molar refractivity (Wildman–Crippen MR) is 136 cm³/mol. The Morgan fingerprint density at radius 3 is 1.71 bits per heavy atom. The molecule has 0 spiro atoms. The van der Waals surface area contributed by atoms with Gasteiger partial charge in [0, 0.05) is 0 Å². The van der Waals surface area contributed by atoms with E-state index in [1.807, 2.05) is 0 Å². The Balaban J connectivity index is 0.000000262. The van der Waals surface area contributed by atoms with Crippen LogP contribution in [0.5, 0.6) is 0 Å². The Morgan fingerprint density at radius 2 is 1.18 bits per heavy atom. The second-order valence-electron chi connectivity index (χ2n) is 8.23. The van der Waals surface area contributed by atoms with Crippen LogP contribution in [-0.4, -0.2) is 19.6 Å². The summed E-state index contributed by atoms with van der Waals surface area (Å²) in [5.41, 5.74) is 1.51. The highest BCUT2D eigenvalue weighted by Gasteiger charge is 2.28. The molecule has 0 saturated carbocycles. The van der Waals surface area contributed by atoms with Crippen molar-refractivity contribution in [1.29, 1.82) is 0 Å². The van der Waals surface area contributed by atoms with E-state index in [2.05, 4.69) is 78.0 Å². The van der Waals surface area contributed by atoms with Crippen LogP contribution < -0.4 is 0 Å². The second-order valence-corrected chi connectivity index (χ2v) is 10.8. The molecule has 7 nitrogen and oxygen atoms in total. The maximum atomic E-state index is 9.63. The Bertz CT molecular complexity index is 1530. The van der Waals surface area contributed by atoms with E-state index < -0.39 is 15.6 Å². The summed E-state index contributed by atoms with van der Waals surface area (Å²) in [6.45, 7) is 2.28. The standard InChI is InChI=1S/C25H22.H4O7P2/c1-2-3-4-8-18-15-16-19-11-6-13-21-20-12-5-9-17-10-7-14-22(23(17)20)25(18)24(19)21;1-8(2,3)7-9(4,5)6/h5-7,9-16H,2-4,8H2,1H3;(H2,1,2,3)(H2,4,5,6). The molecule has 0 bridgehead atoms. The number of benzene rings is 5. The molecule has 5 aromatic rings. The van der Waals surface area contributed by atoms with Gasteiger partial charge in [-0.25, -0.2) is 9.13 Å². The van der Waals surface area contributed by atoms with Crippen LogP contribution in [0.15, 0.2) is 66.7 Å². The summed E-state index contributed by atoms with van der Waals surface area (Å²) in [7, 11) is -10.1. The number of phosphoric acid groups is 2. The lowest BCUT2D eigenvalue weighted by Crippen LogP contribution is -1.93. The molecule has 0 aromatic heterocycles. The topological polar surface area (TPSA) is 124 Å². The molecule has 0 unspecified atom stereocenters. The molecule has 5 rings (SSSR count). The Labute approximate surface area is 196 Å². The fourth-order valence-corrected chi connectivity index (χ4v) is 5.75. The molecule has 34 heavy (non-hydrogen) atoms. The molecule has 0 radical (unpaired) electrons. The van der Waals surface area contributed by atoms with E-state index in [4.69, 9.17) is 19.6 Å². The number of unbranched alkanes of at least 4 members (excludes halogenated alkanes) is 2. The molecule has 178 valence electrons. The highest BCUT2D eigenvalue weighted by Crippen LogP contribution is 2.53. The van der Waals surface area contributed by atoms with Crippen LogP contribution in [0.1, 0.15) is 31.7 Å². The van der Waals surface area contributed by atoms with Crippen LogP contribution in [0.25, 0.3) is 43.1 Å². The average molecular weight is 500 g/mol. The summed E-state index contributed by atoms with van der Waals surface area (Å²) >= 11 is 0. The molecular formula is C25H26O7P2. The molecule has 0 fully saturated rings. The molecule has 4 N–H and O–H groups in total. The minimum Gasteiger partial charge on any atom is -0.302 e. The lowest BCUT2D eigenvalue weighted by atomic mass is 9.86. The molecule has 0 aliphatic heterocycles. The summed E-state index contributed by atoms with van der Waals surface area (Å²) < 4.78 is 22.2. The first kappa shape index (κ1) is 24.8. The highest BCUT2D eigenvalue weighted by atomic mass is 31.3. The minimum atomic E-state index is -5.05. The number of hydrogen-bond acceptors (Lipinski definition) is 3. The number of hydrogen-bond donors (Lipinski definition) is 4. The normalized spacial score (nSPS) is 12.5. The van der Waals surface area contributed by atoms with E-state index in [1.165, 1.54) is 74.3 Å². The molecule has 0 aliphatic rings. The third-order valence-corrected chi connectivity index (χ3v) is 7.56. The average Bonchev–Trinajstić information content (AvgIpc) is 2.76. The monoisotopic (exact) mass is 500 g/mol. The second kappa shape index (κ2) is 9.73. The van der Waals surface area contributed by atoms with Crippen molar-refractivity contribution in [3.8, 4) is 0 Å². The van der Waals surface area contributed by atoms with Crippen molar-refractivity contribution in [3.63, 3.8) is 0 Å². The van der Waals surface area contributed by atoms with Crippen molar-refractivity contribution in [2.24, 2.45) is 0 Å². The minimum absolute atomic E-state index is 1.17. The number of aryl methyl sites for hydroxylation is 1. The third-order valence-electron chi connectivity index (χ3n) is 5.86. The Morgan fingerprint density at radius 1 is 0.647 bits per heavy atom. The van der Waals surface area contributed by atoms with Gasteiger partial charge in [0.2, 0.25) is 0 Å². The zero-order chi connectivity index (χ0) is 24.5.